The van der Waals surface area contributed by atoms with Crippen molar-refractivity contribution in [3.8, 4) is 12.1 Å². The Morgan fingerprint density at radius 2 is 2.09 bits per heavy atom. The van der Waals surface area contributed by atoms with Crippen molar-refractivity contribution >= 4 is 0 Å². The van der Waals surface area contributed by atoms with Gasteiger partial charge in [-0.1, -0.05) is 0 Å². The van der Waals surface area contributed by atoms with E-state index in [0.717, 1.165) is 25.1 Å². The largest absolute Gasteiger partial charge is 0.376 e. The second-order valence-electron chi connectivity index (χ2n) is 2.57. The van der Waals surface area contributed by atoms with Gasteiger partial charge in [0, 0.05) is 19.3 Å². The lowest BCUT2D eigenvalue weighted by molar-refractivity contribution is 0.479. The van der Waals surface area contributed by atoms with Crippen molar-refractivity contribution in [1.29, 1.82) is 10.5 Å². The maximum absolute atomic E-state index is 8.55. The molecule has 0 N–H and O–H groups in total. The van der Waals surface area contributed by atoms with Gasteiger partial charge >= 0.3 is 0 Å². The average molecular weight is 147 g/mol. The molecule has 0 unspecified atom stereocenters. The van der Waals surface area contributed by atoms with Crippen molar-refractivity contribution in [2.45, 2.75) is 12.8 Å². The molecule has 0 radical (unpaired) electrons. The lowest BCUT2D eigenvalue weighted by Gasteiger charge is -2.11. The molecule has 1 heterocycles. The number of nitriles is 2. The summed E-state index contributed by atoms with van der Waals surface area (Å²) in [5.41, 5.74) is 1.17. The summed E-state index contributed by atoms with van der Waals surface area (Å²) in [6.45, 7) is 0.961. The standard InChI is InChI=1S/C8H9N3/c1-11-4-2-3-8(11)7(5-9)6-10/h2-4H2,1H3. The molecular weight excluding hydrogens is 138 g/mol. The number of hydrogen-bond donors (Lipinski definition) is 0. The Kier molecular flexibility index (Phi) is 2.13. The molecule has 1 fully saturated rings. The Balaban J connectivity index is 2.96. The third kappa shape index (κ3) is 1.33. The first-order chi connectivity index (χ1) is 5.29. The Morgan fingerprint density at radius 3 is 2.45 bits per heavy atom. The van der Waals surface area contributed by atoms with E-state index >= 15 is 0 Å². The molecule has 56 valence electrons. The highest BCUT2D eigenvalue weighted by atomic mass is 15.1. The summed E-state index contributed by atoms with van der Waals surface area (Å²) < 4.78 is 0. The third-order valence-electron chi connectivity index (χ3n) is 1.88. The average Bonchev–Trinajstić information content (AvgIpc) is 2.40. The van der Waals surface area contributed by atoms with E-state index in [2.05, 4.69) is 0 Å². The highest BCUT2D eigenvalue weighted by Crippen LogP contribution is 2.21. The number of allylic oxidation sites excluding steroid dienone is 2. The van der Waals surface area contributed by atoms with Gasteiger partial charge in [0.15, 0.2) is 0 Å². The molecule has 0 aromatic carbocycles. The fourth-order valence-corrected chi connectivity index (χ4v) is 1.28. The molecule has 1 aliphatic heterocycles. The predicted octanol–water partition coefficient (Wildman–Crippen LogP) is 1.01. The van der Waals surface area contributed by atoms with Crippen molar-refractivity contribution in [2.75, 3.05) is 13.6 Å². The molecule has 0 aromatic rings. The minimum absolute atomic E-state index is 0.269. The van der Waals surface area contributed by atoms with Gasteiger partial charge in [-0.25, -0.2) is 0 Å². The minimum Gasteiger partial charge on any atom is -0.376 e. The van der Waals surface area contributed by atoms with Gasteiger partial charge in [0.25, 0.3) is 0 Å². The van der Waals surface area contributed by atoms with Crippen molar-refractivity contribution in [3.63, 3.8) is 0 Å². The van der Waals surface area contributed by atoms with Gasteiger partial charge in [-0.15, -0.1) is 0 Å². The van der Waals surface area contributed by atoms with Crippen LogP contribution in [0.5, 0.6) is 0 Å². The fraction of sp³-hybridized carbons (Fsp3) is 0.500. The van der Waals surface area contributed by atoms with Gasteiger partial charge in [-0.2, -0.15) is 10.5 Å². The second-order valence-corrected chi connectivity index (χ2v) is 2.57. The summed E-state index contributed by atoms with van der Waals surface area (Å²) in [7, 11) is 1.91. The molecule has 11 heavy (non-hydrogen) atoms. The first-order valence-corrected chi connectivity index (χ1v) is 3.54. The maximum Gasteiger partial charge on any atom is 0.148 e. The summed E-state index contributed by atoms with van der Waals surface area (Å²) in [6, 6.07) is 3.80. The van der Waals surface area contributed by atoms with Crippen LogP contribution in [0.25, 0.3) is 0 Å². The Bertz CT molecular complexity index is 248. The van der Waals surface area contributed by atoms with E-state index in [4.69, 9.17) is 10.5 Å². The normalized spacial score (nSPS) is 15.9. The summed E-state index contributed by atoms with van der Waals surface area (Å²) in [6.07, 6.45) is 1.92. The minimum atomic E-state index is 0.269. The molecule has 0 aliphatic carbocycles. The van der Waals surface area contributed by atoms with E-state index < -0.39 is 0 Å². The molecule has 1 rings (SSSR count). The Labute approximate surface area is 66.1 Å². The Hall–Kier alpha value is -1.48. The topological polar surface area (TPSA) is 50.8 Å². The monoisotopic (exact) mass is 147 g/mol. The molecule has 1 aliphatic rings. The van der Waals surface area contributed by atoms with Crippen LogP contribution in [-0.2, 0) is 0 Å². The van der Waals surface area contributed by atoms with Crippen molar-refractivity contribution in [3.05, 3.63) is 11.3 Å². The van der Waals surface area contributed by atoms with E-state index in [1.54, 1.807) is 0 Å². The molecule has 1 saturated heterocycles. The van der Waals surface area contributed by atoms with Crippen LogP contribution in [0.4, 0.5) is 0 Å². The molecule has 0 spiro atoms. The van der Waals surface area contributed by atoms with Crippen LogP contribution in [0.15, 0.2) is 11.3 Å². The zero-order valence-corrected chi connectivity index (χ0v) is 6.46. The van der Waals surface area contributed by atoms with E-state index in [0.29, 0.717) is 0 Å². The van der Waals surface area contributed by atoms with E-state index in [-0.39, 0.29) is 5.57 Å². The van der Waals surface area contributed by atoms with Crippen molar-refractivity contribution in [2.24, 2.45) is 0 Å². The fourth-order valence-electron chi connectivity index (χ4n) is 1.28. The van der Waals surface area contributed by atoms with Gasteiger partial charge in [0.1, 0.15) is 17.7 Å². The smallest absolute Gasteiger partial charge is 0.148 e. The zero-order valence-electron chi connectivity index (χ0n) is 6.46. The molecule has 3 nitrogen and oxygen atoms in total. The first kappa shape index (κ1) is 7.63. The van der Waals surface area contributed by atoms with Gasteiger partial charge in [-0.3, -0.25) is 0 Å². The Morgan fingerprint density at radius 1 is 1.45 bits per heavy atom. The van der Waals surface area contributed by atoms with E-state index in [1.807, 2.05) is 24.1 Å². The lowest BCUT2D eigenvalue weighted by atomic mass is 10.2. The first-order valence-electron chi connectivity index (χ1n) is 3.54. The molecular formula is C8H9N3. The summed E-state index contributed by atoms with van der Waals surface area (Å²) in [4.78, 5) is 1.97. The van der Waals surface area contributed by atoms with Gasteiger partial charge in [0.05, 0.1) is 0 Å². The zero-order chi connectivity index (χ0) is 8.27. The van der Waals surface area contributed by atoms with Gasteiger partial charge in [0.2, 0.25) is 0 Å². The summed E-state index contributed by atoms with van der Waals surface area (Å²) >= 11 is 0. The van der Waals surface area contributed by atoms with Crippen LogP contribution in [0.2, 0.25) is 0 Å². The molecule has 0 aromatic heterocycles. The summed E-state index contributed by atoms with van der Waals surface area (Å²) in [5, 5.41) is 17.1. The van der Waals surface area contributed by atoms with Crippen LogP contribution in [0, 0.1) is 22.7 Å². The van der Waals surface area contributed by atoms with Crippen LogP contribution in [0.3, 0.4) is 0 Å². The van der Waals surface area contributed by atoms with Crippen molar-refractivity contribution in [1.82, 2.24) is 4.90 Å². The molecule has 0 saturated carbocycles. The highest BCUT2D eigenvalue weighted by molar-refractivity contribution is 5.40. The lowest BCUT2D eigenvalue weighted by Crippen LogP contribution is -2.11. The molecule has 0 atom stereocenters. The van der Waals surface area contributed by atoms with Gasteiger partial charge < -0.3 is 4.90 Å². The maximum atomic E-state index is 8.55. The van der Waals surface area contributed by atoms with Crippen LogP contribution in [0.1, 0.15) is 12.8 Å². The van der Waals surface area contributed by atoms with E-state index in [1.165, 1.54) is 0 Å². The molecule has 3 heteroatoms. The predicted molar refractivity (Wildman–Crippen MR) is 40.1 cm³/mol. The number of hydrogen-bond acceptors (Lipinski definition) is 3. The summed E-state index contributed by atoms with van der Waals surface area (Å²) in [5.74, 6) is 0. The van der Waals surface area contributed by atoms with Crippen LogP contribution >= 0.6 is 0 Å². The SMILES string of the molecule is CN1CCCC1=C(C#N)C#N. The van der Waals surface area contributed by atoms with Crippen molar-refractivity contribution < 1.29 is 0 Å². The van der Waals surface area contributed by atoms with Gasteiger partial charge in [-0.05, 0) is 12.8 Å². The van der Waals surface area contributed by atoms with E-state index in [9.17, 15) is 0 Å². The molecule has 0 amide bonds. The van der Waals surface area contributed by atoms with Crippen LogP contribution in [-0.4, -0.2) is 18.5 Å². The number of rotatable bonds is 0. The third-order valence-corrected chi connectivity index (χ3v) is 1.88. The number of likely N-dealkylation sites (tertiary alicyclic amines) is 1. The highest BCUT2D eigenvalue weighted by Gasteiger charge is 2.16. The second kappa shape index (κ2) is 3.07. The van der Waals surface area contributed by atoms with Crippen LogP contribution < -0.4 is 0 Å². The number of nitrogens with zero attached hydrogens (tertiary/aromatic N) is 3. The molecule has 0 bridgehead atoms. The quantitative estimate of drug-likeness (QED) is 0.480.